The molecule has 39 heavy (non-hydrogen) atoms. The molecular weight excluding hydrogens is 514 g/mol. The highest BCUT2D eigenvalue weighted by Crippen LogP contribution is 2.29. The van der Waals surface area contributed by atoms with Crippen LogP contribution < -0.4 is 14.4 Å². The monoisotopic (exact) mass is 551 g/mol. The Labute approximate surface area is 231 Å². The lowest BCUT2D eigenvalue weighted by Gasteiger charge is -2.33. The third kappa shape index (κ3) is 6.97. The third-order valence-corrected chi connectivity index (χ3v) is 8.48. The van der Waals surface area contributed by atoms with Crippen molar-refractivity contribution < 1.29 is 22.7 Å². The van der Waals surface area contributed by atoms with Gasteiger partial charge in [-0.2, -0.15) is 0 Å². The smallest absolute Gasteiger partial charge is 0.264 e. The zero-order valence-corrected chi connectivity index (χ0v) is 24.0. The third-order valence-electron chi connectivity index (χ3n) is 6.70. The molecule has 8 nitrogen and oxygen atoms in total. The number of carbonyl (C=O) groups excluding carboxylic acids is 2. The van der Waals surface area contributed by atoms with Crippen LogP contribution in [0.15, 0.2) is 77.7 Å². The molecule has 0 radical (unpaired) electrons. The number of hydrogen-bond acceptors (Lipinski definition) is 5. The summed E-state index contributed by atoms with van der Waals surface area (Å²) >= 11 is 0. The van der Waals surface area contributed by atoms with E-state index in [0.29, 0.717) is 24.4 Å². The summed E-state index contributed by atoms with van der Waals surface area (Å²) in [6.07, 6.45) is 0.364. The maximum absolute atomic E-state index is 14.1. The summed E-state index contributed by atoms with van der Waals surface area (Å²) < 4.78 is 34.2. The number of anilines is 1. The second-order valence-electron chi connectivity index (χ2n) is 9.23. The van der Waals surface area contributed by atoms with E-state index in [1.807, 2.05) is 45.9 Å². The molecule has 0 aromatic heterocycles. The summed E-state index contributed by atoms with van der Waals surface area (Å²) in [7, 11) is -2.53. The lowest BCUT2D eigenvalue weighted by atomic mass is 10.1. The largest absolute Gasteiger partial charge is 0.497 e. The molecule has 1 atom stereocenters. The van der Waals surface area contributed by atoms with Crippen LogP contribution in [0.4, 0.5) is 5.69 Å². The Balaban J connectivity index is 2.08. The van der Waals surface area contributed by atoms with Gasteiger partial charge in [-0.15, -0.1) is 0 Å². The fourth-order valence-electron chi connectivity index (χ4n) is 4.38. The summed E-state index contributed by atoms with van der Waals surface area (Å²) in [6.45, 7) is 7.45. The first-order valence-electron chi connectivity index (χ1n) is 13.0. The molecular formula is C30H37N3O5S. The van der Waals surface area contributed by atoms with Gasteiger partial charge in [-0.3, -0.25) is 13.9 Å². The van der Waals surface area contributed by atoms with E-state index < -0.39 is 28.5 Å². The molecule has 0 fully saturated rings. The van der Waals surface area contributed by atoms with Crippen molar-refractivity contribution in [2.75, 3.05) is 24.5 Å². The highest BCUT2D eigenvalue weighted by molar-refractivity contribution is 7.92. The number of amides is 2. The molecule has 0 saturated heterocycles. The molecule has 0 heterocycles. The summed E-state index contributed by atoms with van der Waals surface area (Å²) in [5, 5.41) is 2.81. The average Bonchev–Trinajstić information content (AvgIpc) is 2.94. The van der Waals surface area contributed by atoms with Crippen molar-refractivity contribution in [1.82, 2.24) is 10.2 Å². The molecule has 0 aliphatic heterocycles. The molecule has 0 aliphatic carbocycles. The molecule has 0 unspecified atom stereocenters. The van der Waals surface area contributed by atoms with Crippen LogP contribution >= 0.6 is 0 Å². The Hall–Kier alpha value is -3.85. The first kappa shape index (κ1) is 29.7. The number of methoxy groups -OCH3 is 1. The van der Waals surface area contributed by atoms with Crippen LogP contribution in [0, 0.1) is 13.8 Å². The standard InChI is InChI=1S/C30H37N3O5S/c1-6-27(30(35)31-7-2)32(20-24-16-18-25(38-5)19-17-24)29(34)21-33(28-15-11-12-22(3)23(28)4)39(36,37)26-13-9-8-10-14-26/h8-19,27H,6-7,20-21H2,1-5H3,(H,31,35)/t27-/m1/s1. The van der Waals surface area contributed by atoms with Crippen molar-refractivity contribution in [3.63, 3.8) is 0 Å². The van der Waals surface area contributed by atoms with Crippen molar-refractivity contribution in [3.05, 3.63) is 89.5 Å². The van der Waals surface area contributed by atoms with Gasteiger partial charge in [0.1, 0.15) is 18.3 Å². The van der Waals surface area contributed by atoms with Gasteiger partial charge in [0.15, 0.2) is 0 Å². The number of rotatable bonds is 12. The molecule has 9 heteroatoms. The minimum absolute atomic E-state index is 0.0798. The number of nitrogens with one attached hydrogen (secondary N) is 1. The van der Waals surface area contributed by atoms with E-state index in [4.69, 9.17) is 4.74 Å². The number of sulfonamides is 1. The lowest BCUT2D eigenvalue weighted by molar-refractivity contribution is -0.140. The van der Waals surface area contributed by atoms with Gasteiger partial charge in [-0.25, -0.2) is 8.42 Å². The zero-order valence-electron chi connectivity index (χ0n) is 23.2. The van der Waals surface area contributed by atoms with Gasteiger partial charge >= 0.3 is 0 Å². The van der Waals surface area contributed by atoms with Gasteiger partial charge in [0.25, 0.3) is 10.0 Å². The van der Waals surface area contributed by atoms with E-state index >= 15 is 0 Å². The summed E-state index contributed by atoms with van der Waals surface area (Å²) in [5.41, 5.74) is 2.86. The zero-order chi connectivity index (χ0) is 28.6. The van der Waals surface area contributed by atoms with E-state index in [1.54, 1.807) is 49.6 Å². The minimum Gasteiger partial charge on any atom is -0.497 e. The highest BCUT2D eigenvalue weighted by Gasteiger charge is 2.34. The van der Waals surface area contributed by atoms with Gasteiger partial charge in [0, 0.05) is 13.1 Å². The average molecular weight is 552 g/mol. The van der Waals surface area contributed by atoms with Gasteiger partial charge in [0.2, 0.25) is 11.8 Å². The molecule has 0 spiro atoms. The molecule has 3 aromatic carbocycles. The van der Waals surface area contributed by atoms with E-state index in [-0.39, 0.29) is 17.3 Å². The molecule has 0 bridgehead atoms. The number of ether oxygens (including phenoxy) is 1. The maximum Gasteiger partial charge on any atom is 0.264 e. The van der Waals surface area contributed by atoms with Crippen molar-refractivity contribution in [2.24, 2.45) is 0 Å². The number of aryl methyl sites for hydroxylation is 1. The second kappa shape index (κ2) is 13.3. The molecule has 1 N–H and O–H groups in total. The summed E-state index contributed by atoms with van der Waals surface area (Å²) in [5.74, 6) is -0.0992. The van der Waals surface area contributed by atoms with Crippen molar-refractivity contribution in [3.8, 4) is 5.75 Å². The Kier molecular flexibility index (Phi) is 10.1. The van der Waals surface area contributed by atoms with E-state index in [1.165, 1.54) is 17.0 Å². The van der Waals surface area contributed by atoms with Crippen LogP contribution in [0.1, 0.15) is 37.0 Å². The van der Waals surface area contributed by atoms with Crippen molar-refractivity contribution in [2.45, 2.75) is 51.6 Å². The Bertz CT molecular complexity index is 1380. The lowest BCUT2D eigenvalue weighted by Crippen LogP contribution is -2.52. The highest BCUT2D eigenvalue weighted by atomic mass is 32.2. The fourth-order valence-corrected chi connectivity index (χ4v) is 5.87. The summed E-state index contributed by atoms with van der Waals surface area (Å²) in [6, 6.07) is 19.9. The molecule has 3 aromatic rings. The van der Waals surface area contributed by atoms with Crippen LogP contribution in [-0.4, -0.2) is 51.4 Å². The molecule has 0 saturated carbocycles. The second-order valence-corrected chi connectivity index (χ2v) is 11.1. The first-order chi connectivity index (χ1) is 18.6. The van der Waals surface area contributed by atoms with Crippen LogP contribution in [0.3, 0.4) is 0 Å². The van der Waals surface area contributed by atoms with Gasteiger partial charge in [0.05, 0.1) is 17.7 Å². The fraction of sp³-hybridized carbons (Fsp3) is 0.333. The molecule has 0 aliphatic rings. The maximum atomic E-state index is 14.1. The Morgan fingerprint density at radius 1 is 0.923 bits per heavy atom. The van der Waals surface area contributed by atoms with Crippen molar-refractivity contribution in [1.29, 1.82) is 0 Å². The molecule has 208 valence electrons. The summed E-state index contributed by atoms with van der Waals surface area (Å²) in [4.78, 5) is 28.6. The van der Waals surface area contributed by atoms with Crippen LogP contribution in [0.2, 0.25) is 0 Å². The predicted octanol–water partition coefficient (Wildman–Crippen LogP) is 4.45. The predicted molar refractivity (Wildman–Crippen MR) is 153 cm³/mol. The van der Waals surface area contributed by atoms with Gasteiger partial charge in [-0.1, -0.05) is 49.4 Å². The molecule has 3 rings (SSSR count). The number of hydrogen-bond donors (Lipinski definition) is 1. The van der Waals surface area contributed by atoms with Crippen molar-refractivity contribution >= 4 is 27.5 Å². The van der Waals surface area contributed by atoms with E-state index in [0.717, 1.165) is 21.0 Å². The Morgan fingerprint density at radius 3 is 2.18 bits per heavy atom. The number of nitrogens with zero attached hydrogens (tertiary/aromatic N) is 2. The van der Waals surface area contributed by atoms with Gasteiger partial charge in [-0.05, 0) is 74.2 Å². The number of benzene rings is 3. The van der Waals surface area contributed by atoms with E-state index in [2.05, 4.69) is 5.32 Å². The van der Waals surface area contributed by atoms with Gasteiger partial charge < -0.3 is 15.0 Å². The van der Waals surface area contributed by atoms with Crippen LogP contribution in [0.25, 0.3) is 0 Å². The van der Waals surface area contributed by atoms with Crippen LogP contribution in [-0.2, 0) is 26.2 Å². The number of carbonyl (C=O) groups is 2. The van der Waals surface area contributed by atoms with E-state index in [9.17, 15) is 18.0 Å². The first-order valence-corrected chi connectivity index (χ1v) is 14.4. The normalized spacial score (nSPS) is 11.9. The van der Waals surface area contributed by atoms with Crippen LogP contribution in [0.5, 0.6) is 5.75 Å². The Morgan fingerprint density at radius 2 is 1.59 bits per heavy atom. The topological polar surface area (TPSA) is 96.0 Å². The SMILES string of the molecule is CCNC(=O)[C@@H](CC)N(Cc1ccc(OC)cc1)C(=O)CN(c1cccc(C)c1C)S(=O)(=O)c1ccccc1. The number of likely N-dealkylation sites (N-methyl/N-ethyl adjacent to an activating group) is 1. The minimum atomic E-state index is -4.10. The molecule has 2 amide bonds. The quantitative estimate of drug-likeness (QED) is 0.359.